The molecule has 0 fully saturated rings. The van der Waals surface area contributed by atoms with Crippen molar-refractivity contribution in [3.63, 3.8) is 0 Å². The number of hydrogen-bond acceptors (Lipinski definition) is 4. The third-order valence-electron chi connectivity index (χ3n) is 2.50. The van der Waals surface area contributed by atoms with E-state index in [2.05, 4.69) is 4.98 Å². The van der Waals surface area contributed by atoms with Gasteiger partial charge in [0.2, 0.25) is 6.10 Å². The molecule has 0 aliphatic heterocycles. The van der Waals surface area contributed by atoms with Crippen molar-refractivity contribution in [1.29, 1.82) is 0 Å². The van der Waals surface area contributed by atoms with E-state index in [9.17, 15) is 9.59 Å². The lowest BCUT2D eigenvalue weighted by Gasteiger charge is -2.14. The molecule has 1 aromatic heterocycles. The first kappa shape index (κ1) is 12.8. The largest absolute Gasteiger partial charge is 0.444 e. The lowest BCUT2D eigenvalue weighted by molar-refractivity contribution is -0.127. The van der Waals surface area contributed by atoms with Gasteiger partial charge in [-0.05, 0) is 12.1 Å². The van der Waals surface area contributed by atoms with E-state index in [1.807, 2.05) is 0 Å². The fourth-order valence-electron chi connectivity index (χ4n) is 1.58. The van der Waals surface area contributed by atoms with Gasteiger partial charge in [-0.1, -0.05) is 30.3 Å². The Balaban J connectivity index is 2.19. The maximum absolute atomic E-state index is 11.9. The molecule has 0 aliphatic carbocycles. The highest BCUT2D eigenvalue weighted by molar-refractivity contribution is 5.92. The molecule has 19 heavy (non-hydrogen) atoms. The topological polar surface area (TPSA) is 82.3 Å². The normalized spacial score (nSPS) is 11.6. The molecular formula is C14H12N2O3. The molecule has 1 atom stereocenters. The van der Waals surface area contributed by atoms with Crippen LogP contribution in [-0.4, -0.2) is 16.9 Å². The number of nitrogens with zero attached hydrogens (tertiary/aromatic N) is 1. The molecule has 0 bridgehead atoms. The number of esters is 1. The van der Waals surface area contributed by atoms with Gasteiger partial charge in [-0.25, -0.2) is 4.79 Å². The van der Waals surface area contributed by atoms with Gasteiger partial charge in [0.1, 0.15) is 0 Å². The number of aromatic nitrogens is 1. The molecule has 0 saturated heterocycles. The maximum Gasteiger partial charge on any atom is 0.339 e. The lowest BCUT2D eigenvalue weighted by atomic mass is 10.1. The van der Waals surface area contributed by atoms with Gasteiger partial charge < -0.3 is 10.5 Å². The SMILES string of the molecule is NC(=O)C(OC(=O)c1ccncc1)c1ccccc1. The standard InChI is InChI=1S/C14H12N2O3/c15-13(17)12(10-4-2-1-3-5-10)19-14(18)11-6-8-16-9-7-11/h1-9,12H,(H2,15,17). The number of carbonyl (C=O) groups excluding carboxylic acids is 2. The first-order chi connectivity index (χ1) is 9.18. The van der Waals surface area contributed by atoms with Crippen LogP contribution in [0.1, 0.15) is 22.0 Å². The summed E-state index contributed by atoms with van der Waals surface area (Å²) < 4.78 is 5.14. The van der Waals surface area contributed by atoms with E-state index >= 15 is 0 Å². The van der Waals surface area contributed by atoms with Crippen molar-refractivity contribution < 1.29 is 14.3 Å². The minimum atomic E-state index is -1.10. The Morgan fingerprint density at radius 1 is 1.05 bits per heavy atom. The van der Waals surface area contributed by atoms with Crippen molar-refractivity contribution in [3.8, 4) is 0 Å². The highest BCUT2D eigenvalue weighted by Gasteiger charge is 2.22. The first-order valence-corrected chi connectivity index (χ1v) is 5.64. The van der Waals surface area contributed by atoms with E-state index in [1.54, 1.807) is 30.3 Å². The Kier molecular flexibility index (Phi) is 3.87. The smallest absolute Gasteiger partial charge is 0.339 e. The van der Waals surface area contributed by atoms with E-state index in [-0.39, 0.29) is 0 Å². The Morgan fingerprint density at radius 3 is 2.26 bits per heavy atom. The van der Waals surface area contributed by atoms with Gasteiger partial charge in [-0.3, -0.25) is 9.78 Å². The minimum absolute atomic E-state index is 0.317. The number of pyridine rings is 1. The average molecular weight is 256 g/mol. The van der Waals surface area contributed by atoms with Crippen LogP contribution < -0.4 is 5.73 Å². The fourth-order valence-corrected chi connectivity index (χ4v) is 1.58. The summed E-state index contributed by atoms with van der Waals surface area (Å²) in [5.41, 5.74) is 6.12. The molecule has 2 aromatic rings. The summed E-state index contributed by atoms with van der Waals surface area (Å²) in [7, 11) is 0. The van der Waals surface area contributed by atoms with Crippen LogP contribution in [-0.2, 0) is 9.53 Å². The second-order valence-corrected chi connectivity index (χ2v) is 3.83. The monoisotopic (exact) mass is 256 g/mol. The highest BCUT2D eigenvalue weighted by atomic mass is 16.5. The van der Waals surface area contributed by atoms with E-state index in [1.165, 1.54) is 24.5 Å². The van der Waals surface area contributed by atoms with E-state index in [4.69, 9.17) is 10.5 Å². The van der Waals surface area contributed by atoms with Gasteiger partial charge in [0.15, 0.2) is 0 Å². The third kappa shape index (κ3) is 3.16. The molecule has 0 radical (unpaired) electrons. The first-order valence-electron chi connectivity index (χ1n) is 5.64. The summed E-state index contributed by atoms with van der Waals surface area (Å²) in [6.07, 6.45) is 1.85. The van der Waals surface area contributed by atoms with Gasteiger partial charge >= 0.3 is 5.97 Å². The quantitative estimate of drug-likeness (QED) is 0.839. The van der Waals surface area contributed by atoms with E-state index < -0.39 is 18.0 Å². The molecule has 96 valence electrons. The number of hydrogen-bond donors (Lipinski definition) is 1. The van der Waals surface area contributed by atoms with Crippen LogP contribution in [0.15, 0.2) is 54.9 Å². The van der Waals surface area contributed by atoms with E-state index in [0.717, 1.165) is 0 Å². The van der Waals surface area contributed by atoms with Gasteiger partial charge in [0.25, 0.3) is 5.91 Å². The Labute approximate surface area is 110 Å². The minimum Gasteiger partial charge on any atom is -0.444 e. The van der Waals surface area contributed by atoms with Crippen molar-refractivity contribution in [2.75, 3.05) is 0 Å². The maximum atomic E-state index is 11.9. The number of nitrogens with two attached hydrogens (primary N) is 1. The molecule has 1 aromatic carbocycles. The van der Waals surface area contributed by atoms with Gasteiger partial charge in [0, 0.05) is 18.0 Å². The molecule has 1 unspecified atom stereocenters. The van der Waals surface area contributed by atoms with E-state index in [0.29, 0.717) is 11.1 Å². The van der Waals surface area contributed by atoms with Crippen LogP contribution in [0.4, 0.5) is 0 Å². The molecule has 0 saturated carbocycles. The summed E-state index contributed by atoms with van der Waals surface area (Å²) >= 11 is 0. The Hall–Kier alpha value is -2.69. The number of ether oxygens (including phenoxy) is 1. The molecule has 2 rings (SSSR count). The van der Waals surface area contributed by atoms with Gasteiger partial charge in [-0.15, -0.1) is 0 Å². The summed E-state index contributed by atoms with van der Waals surface area (Å²) in [5, 5.41) is 0. The summed E-state index contributed by atoms with van der Waals surface area (Å²) in [6, 6.07) is 11.6. The second-order valence-electron chi connectivity index (χ2n) is 3.83. The second kappa shape index (κ2) is 5.77. The average Bonchev–Trinajstić information content (AvgIpc) is 2.46. The zero-order valence-electron chi connectivity index (χ0n) is 10.0. The van der Waals surface area contributed by atoms with Crippen molar-refractivity contribution in [2.24, 2.45) is 5.73 Å². The molecular weight excluding hydrogens is 244 g/mol. The third-order valence-corrected chi connectivity index (χ3v) is 2.50. The van der Waals surface area contributed by atoms with Crippen LogP contribution in [0, 0.1) is 0 Å². The summed E-state index contributed by atoms with van der Waals surface area (Å²) in [4.78, 5) is 27.1. The molecule has 1 heterocycles. The van der Waals surface area contributed by atoms with Crippen LogP contribution >= 0.6 is 0 Å². The number of rotatable bonds is 4. The number of primary amides is 1. The molecule has 5 nitrogen and oxygen atoms in total. The van der Waals surface area contributed by atoms with Crippen LogP contribution in [0.2, 0.25) is 0 Å². The van der Waals surface area contributed by atoms with Crippen LogP contribution in [0.5, 0.6) is 0 Å². The van der Waals surface area contributed by atoms with Crippen molar-refractivity contribution in [3.05, 3.63) is 66.0 Å². The fraction of sp³-hybridized carbons (Fsp3) is 0.0714. The van der Waals surface area contributed by atoms with Crippen LogP contribution in [0.3, 0.4) is 0 Å². The number of amides is 1. The molecule has 1 amide bonds. The Bertz CT molecular complexity index is 570. The lowest BCUT2D eigenvalue weighted by Crippen LogP contribution is -2.26. The molecule has 2 N–H and O–H groups in total. The predicted octanol–water partition coefficient (Wildman–Crippen LogP) is 1.46. The zero-order chi connectivity index (χ0) is 13.7. The molecule has 5 heteroatoms. The van der Waals surface area contributed by atoms with Gasteiger partial charge in [0.05, 0.1) is 5.56 Å². The summed E-state index contributed by atoms with van der Waals surface area (Å²) in [5.74, 6) is -1.33. The van der Waals surface area contributed by atoms with Crippen molar-refractivity contribution >= 4 is 11.9 Å². The molecule has 0 spiro atoms. The van der Waals surface area contributed by atoms with Crippen molar-refractivity contribution in [1.82, 2.24) is 4.98 Å². The highest BCUT2D eigenvalue weighted by Crippen LogP contribution is 2.18. The summed E-state index contributed by atoms with van der Waals surface area (Å²) in [6.45, 7) is 0. The predicted molar refractivity (Wildman–Crippen MR) is 68.0 cm³/mol. The zero-order valence-corrected chi connectivity index (χ0v) is 10.0. The molecule has 0 aliphatic rings. The van der Waals surface area contributed by atoms with Gasteiger partial charge in [-0.2, -0.15) is 0 Å². The number of benzene rings is 1. The van der Waals surface area contributed by atoms with Crippen molar-refractivity contribution in [2.45, 2.75) is 6.10 Å². The Morgan fingerprint density at radius 2 is 1.68 bits per heavy atom. The number of carbonyl (C=O) groups is 2. The van der Waals surface area contributed by atoms with Crippen LogP contribution in [0.25, 0.3) is 0 Å².